The standard InChI is InChI=1S/C15H16O/c16-12-4-5-13-8-10-15(11-9-13)14-6-2-1-3-7-14/h1-3,6-11,16H,4-5,12H2. The van der Waals surface area contributed by atoms with Gasteiger partial charge in [0.05, 0.1) is 0 Å². The van der Waals surface area contributed by atoms with Crippen LogP contribution in [0.15, 0.2) is 54.6 Å². The molecule has 2 rings (SSSR count). The molecule has 0 heterocycles. The highest BCUT2D eigenvalue weighted by Gasteiger charge is 1.97. The zero-order valence-electron chi connectivity index (χ0n) is 9.26. The van der Waals surface area contributed by atoms with E-state index in [1.165, 1.54) is 16.7 Å². The van der Waals surface area contributed by atoms with E-state index >= 15 is 0 Å². The molecule has 1 N–H and O–H groups in total. The molecule has 0 unspecified atom stereocenters. The normalized spacial score (nSPS) is 10.3. The van der Waals surface area contributed by atoms with Crippen molar-refractivity contribution in [2.45, 2.75) is 12.8 Å². The van der Waals surface area contributed by atoms with Crippen LogP contribution in [0.4, 0.5) is 0 Å². The number of benzene rings is 2. The summed E-state index contributed by atoms with van der Waals surface area (Å²) in [6.45, 7) is 0.264. The van der Waals surface area contributed by atoms with E-state index in [0.717, 1.165) is 12.8 Å². The lowest BCUT2D eigenvalue weighted by Crippen LogP contribution is -1.89. The number of hydrogen-bond acceptors (Lipinski definition) is 1. The topological polar surface area (TPSA) is 20.2 Å². The molecule has 1 nitrogen and oxygen atoms in total. The maximum atomic E-state index is 8.76. The summed E-state index contributed by atoms with van der Waals surface area (Å²) in [7, 11) is 0. The first kappa shape index (κ1) is 10.9. The van der Waals surface area contributed by atoms with Crippen molar-refractivity contribution in [3.8, 4) is 11.1 Å². The van der Waals surface area contributed by atoms with E-state index in [4.69, 9.17) is 5.11 Å². The zero-order valence-corrected chi connectivity index (χ0v) is 9.26. The lowest BCUT2D eigenvalue weighted by molar-refractivity contribution is 0.288. The van der Waals surface area contributed by atoms with Gasteiger partial charge in [-0.25, -0.2) is 0 Å². The second kappa shape index (κ2) is 5.47. The summed E-state index contributed by atoms with van der Waals surface area (Å²) in [6, 6.07) is 18.9. The summed E-state index contributed by atoms with van der Waals surface area (Å²) in [6.07, 6.45) is 1.79. The van der Waals surface area contributed by atoms with Crippen molar-refractivity contribution >= 4 is 0 Å². The monoisotopic (exact) mass is 212 g/mol. The molecular weight excluding hydrogens is 196 g/mol. The van der Waals surface area contributed by atoms with Crippen molar-refractivity contribution in [3.05, 3.63) is 60.2 Å². The molecule has 0 aromatic heterocycles. The Morgan fingerprint density at radius 1 is 0.750 bits per heavy atom. The molecule has 2 aromatic carbocycles. The molecule has 0 fully saturated rings. The fourth-order valence-electron chi connectivity index (χ4n) is 1.78. The molecule has 0 spiro atoms. The van der Waals surface area contributed by atoms with Gasteiger partial charge in [-0.2, -0.15) is 0 Å². The second-order valence-electron chi connectivity index (χ2n) is 3.89. The molecule has 0 bridgehead atoms. The number of aliphatic hydroxyl groups is 1. The smallest absolute Gasteiger partial charge is 0.0434 e. The lowest BCUT2D eigenvalue weighted by Gasteiger charge is -2.03. The Balaban J connectivity index is 2.13. The van der Waals surface area contributed by atoms with Gasteiger partial charge in [0, 0.05) is 6.61 Å². The van der Waals surface area contributed by atoms with Gasteiger partial charge in [-0.3, -0.25) is 0 Å². The highest BCUT2D eigenvalue weighted by atomic mass is 16.2. The molecule has 0 aliphatic rings. The van der Waals surface area contributed by atoms with Crippen molar-refractivity contribution in [1.82, 2.24) is 0 Å². The van der Waals surface area contributed by atoms with Gasteiger partial charge < -0.3 is 5.11 Å². The Morgan fingerprint density at radius 2 is 1.38 bits per heavy atom. The van der Waals surface area contributed by atoms with Crippen LogP contribution in [0.3, 0.4) is 0 Å². The van der Waals surface area contributed by atoms with Gasteiger partial charge >= 0.3 is 0 Å². The van der Waals surface area contributed by atoms with Crippen LogP contribution in [-0.4, -0.2) is 11.7 Å². The maximum Gasteiger partial charge on any atom is 0.0434 e. The van der Waals surface area contributed by atoms with E-state index < -0.39 is 0 Å². The van der Waals surface area contributed by atoms with E-state index in [-0.39, 0.29) is 6.61 Å². The first-order valence-electron chi connectivity index (χ1n) is 5.65. The summed E-state index contributed by atoms with van der Waals surface area (Å²) in [5.74, 6) is 0. The number of rotatable bonds is 4. The minimum Gasteiger partial charge on any atom is -0.396 e. The molecule has 0 amide bonds. The van der Waals surface area contributed by atoms with Crippen LogP contribution in [0, 0.1) is 0 Å². The fourth-order valence-corrected chi connectivity index (χ4v) is 1.78. The van der Waals surface area contributed by atoms with Gasteiger partial charge in [0.25, 0.3) is 0 Å². The van der Waals surface area contributed by atoms with Gasteiger partial charge in [0.1, 0.15) is 0 Å². The van der Waals surface area contributed by atoms with E-state index in [1.807, 2.05) is 6.07 Å². The summed E-state index contributed by atoms with van der Waals surface area (Å²) in [5, 5.41) is 8.76. The number of aryl methyl sites for hydroxylation is 1. The molecule has 0 aliphatic carbocycles. The third kappa shape index (κ3) is 2.71. The van der Waals surface area contributed by atoms with E-state index in [9.17, 15) is 0 Å². The molecule has 0 atom stereocenters. The molecular formula is C15H16O. The van der Waals surface area contributed by atoms with Crippen molar-refractivity contribution in [2.24, 2.45) is 0 Å². The number of hydrogen-bond donors (Lipinski definition) is 1. The van der Waals surface area contributed by atoms with Gasteiger partial charge in [-0.15, -0.1) is 0 Å². The predicted molar refractivity (Wildman–Crippen MR) is 67.3 cm³/mol. The highest BCUT2D eigenvalue weighted by Crippen LogP contribution is 2.19. The Kier molecular flexibility index (Phi) is 3.73. The van der Waals surface area contributed by atoms with E-state index in [0.29, 0.717) is 0 Å². The molecule has 1 heteroatoms. The quantitative estimate of drug-likeness (QED) is 0.824. The maximum absolute atomic E-state index is 8.76. The molecule has 0 aliphatic heterocycles. The summed E-state index contributed by atoms with van der Waals surface area (Å²) in [5.41, 5.74) is 3.78. The summed E-state index contributed by atoms with van der Waals surface area (Å²) >= 11 is 0. The molecule has 0 saturated carbocycles. The molecule has 2 aromatic rings. The molecule has 82 valence electrons. The average molecular weight is 212 g/mol. The average Bonchev–Trinajstić information content (AvgIpc) is 2.38. The first-order valence-corrected chi connectivity index (χ1v) is 5.65. The van der Waals surface area contributed by atoms with Crippen LogP contribution in [0.5, 0.6) is 0 Å². The minimum atomic E-state index is 0.264. The second-order valence-corrected chi connectivity index (χ2v) is 3.89. The van der Waals surface area contributed by atoms with Gasteiger partial charge in [0.15, 0.2) is 0 Å². The van der Waals surface area contributed by atoms with Crippen LogP contribution in [-0.2, 0) is 6.42 Å². The van der Waals surface area contributed by atoms with Crippen LogP contribution in [0.2, 0.25) is 0 Å². The minimum absolute atomic E-state index is 0.264. The van der Waals surface area contributed by atoms with Crippen LogP contribution in [0.1, 0.15) is 12.0 Å². The molecule has 0 saturated heterocycles. The Morgan fingerprint density at radius 3 is 2.00 bits per heavy atom. The zero-order chi connectivity index (χ0) is 11.2. The Hall–Kier alpha value is -1.60. The van der Waals surface area contributed by atoms with Gasteiger partial charge in [-0.1, -0.05) is 54.6 Å². The van der Waals surface area contributed by atoms with Gasteiger partial charge in [0.2, 0.25) is 0 Å². The summed E-state index contributed by atoms with van der Waals surface area (Å²) in [4.78, 5) is 0. The van der Waals surface area contributed by atoms with Crippen molar-refractivity contribution in [1.29, 1.82) is 0 Å². The van der Waals surface area contributed by atoms with Crippen LogP contribution < -0.4 is 0 Å². The largest absolute Gasteiger partial charge is 0.396 e. The van der Waals surface area contributed by atoms with Crippen molar-refractivity contribution in [3.63, 3.8) is 0 Å². The molecule has 0 radical (unpaired) electrons. The third-order valence-corrected chi connectivity index (χ3v) is 2.68. The highest BCUT2D eigenvalue weighted by molar-refractivity contribution is 5.63. The SMILES string of the molecule is OCCCc1ccc(-c2ccccc2)cc1. The van der Waals surface area contributed by atoms with E-state index in [1.54, 1.807) is 0 Å². The Labute approximate surface area is 96.4 Å². The van der Waals surface area contributed by atoms with Crippen molar-refractivity contribution in [2.75, 3.05) is 6.61 Å². The van der Waals surface area contributed by atoms with Crippen LogP contribution >= 0.6 is 0 Å². The Bertz CT molecular complexity index is 417. The predicted octanol–water partition coefficient (Wildman–Crippen LogP) is 3.28. The number of aliphatic hydroxyl groups excluding tert-OH is 1. The third-order valence-electron chi connectivity index (χ3n) is 2.68. The van der Waals surface area contributed by atoms with Crippen molar-refractivity contribution < 1.29 is 5.11 Å². The fraction of sp³-hybridized carbons (Fsp3) is 0.200. The molecule has 16 heavy (non-hydrogen) atoms. The summed E-state index contributed by atoms with van der Waals surface area (Å²) < 4.78 is 0. The lowest BCUT2D eigenvalue weighted by atomic mass is 10.0. The van der Waals surface area contributed by atoms with Gasteiger partial charge in [-0.05, 0) is 29.5 Å². The first-order chi connectivity index (χ1) is 7.90. The van der Waals surface area contributed by atoms with E-state index in [2.05, 4.69) is 48.5 Å². The van der Waals surface area contributed by atoms with Crippen LogP contribution in [0.25, 0.3) is 11.1 Å².